The number of anilines is 1. The molecule has 1 N–H and O–H groups in total. The lowest BCUT2D eigenvalue weighted by molar-refractivity contribution is -0.117. The van der Waals surface area contributed by atoms with Crippen LogP contribution in [0.25, 0.3) is 10.9 Å². The number of aromatic nitrogens is 1. The van der Waals surface area contributed by atoms with Crippen LogP contribution in [0, 0.1) is 5.41 Å². The second kappa shape index (κ2) is 6.07. The van der Waals surface area contributed by atoms with Crippen molar-refractivity contribution in [3.8, 4) is 5.75 Å². The minimum Gasteiger partial charge on any atom is -0.435 e. The molecule has 1 amide bonds. The predicted octanol–water partition coefficient (Wildman–Crippen LogP) is 4.95. The van der Waals surface area contributed by atoms with E-state index >= 15 is 0 Å². The van der Waals surface area contributed by atoms with Gasteiger partial charge in [0.25, 0.3) is 0 Å². The van der Waals surface area contributed by atoms with E-state index in [1.165, 1.54) is 6.07 Å². The summed E-state index contributed by atoms with van der Waals surface area (Å²) in [5, 5.41) is 3.87. The van der Waals surface area contributed by atoms with Crippen LogP contribution < -0.4 is 10.1 Å². The van der Waals surface area contributed by atoms with Gasteiger partial charge in [-0.05, 0) is 36.5 Å². The lowest BCUT2D eigenvalue weighted by Crippen LogP contribution is -2.21. The Hall–Kier alpha value is -2.11. The van der Waals surface area contributed by atoms with E-state index < -0.39 is 6.61 Å². The summed E-state index contributed by atoms with van der Waals surface area (Å²) in [6.45, 7) is 3.18. The topological polar surface area (TPSA) is 43.3 Å². The second-order valence-electron chi connectivity index (χ2n) is 7.52. The number of carbonyl (C=O) groups excluding carboxylic acids is 1. The maximum absolute atomic E-state index is 12.4. The highest BCUT2D eigenvalue weighted by Gasteiger charge is 2.28. The molecule has 1 heterocycles. The summed E-state index contributed by atoms with van der Waals surface area (Å²) in [4.78, 5) is 12.3. The Morgan fingerprint density at radius 1 is 1.33 bits per heavy atom. The number of nitrogens with zero attached hydrogens (tertiary/aromatic N) is 1. The first-order chi connectivity index (χ1) is 11.2. The normalized spacial score (nSPS) is 15.1. The molecule has 0 radical (unpaired) electrons. The first-order valence-electron chi connectivity index (χ1n) is 8.12. The van der Waals surface area contributed by atoms with Crippen molar-refractivity contribution in [3.05, 3.63) is 24.3 Å². The number of alkyl halides is 2. The fourth-order valence-electron chi connectivity index (χ4n) is 2.87. The second-order valence-corrected chi connectivity index (χ2v) is 7.52. The molecule has 0 bridgehead atoms. The Morgan fingerprint density at radius 2 is 2.04 bits per heavy atom. The highest BCUT2D eigenvalue weighted by molar-refractivity contribution is 5.95. The van der Waals surface area contributed by atoms with Crippen LogP contribution in [0.1, 0.15) is 46.1 Å². The van der Waals surface area contributed by atoms with Gasteiger partial charge in [-0.3, -0.25) is 4.79 Å². The highest BCUT2D eigenvalue weighted by atomic mass is 19.3. The third kappa shape index (κ3) is 3.86. The monoisotopic (exact) mass is 336 g/mol. The van der Waals surface area contributed by atoms with Gasteiger partial charge in [-0.1, -0.05) is 20.8 Å². The van der Waals surface area contributed by atoms with E-state index in [0.717, 1.165) is 29.6 Å². The van der Waals surface area contributed by atoms with Gasteiger partial charge in [0.2, 0.25) is 5.91 Å². The van der Waals surface area contributed by atoms with Gasteiger partial charge in [-0.15, -0.1) is 0 Å². The fraction of sp³-hybridized carbons (Fsp3) is 0.500. The maximum Gasteiger partial charge on any atom is 0.387 e. The van der Waals surface area contributed by atoms with Crippen molar-refractivity contribution >= 4 is 22.6 Å². The van der Waals surface area contributed by atoms with Crippen LogP contribution in [-0.4, -0.2) is 17.1 Å². The van der Waals surface area contributed by atoms with Crippen LogP contribution in [0.3, 0.4) is 0 Å². The Bertz CT molecular complexity index is 758. The summed E-state index contributed by atoms with van der Waals surface area (Å²) < 4.78 is 31.4. The van der Waals surface area contributed by atoms with Gasteiger partial charge in [-0.25, -0.2) is 0 Å². The van der Waals surface area contributed by atoms with Crippen LogP contribution in [0.5, 0.6) is 5.75 Å². The Balaban J connectivity index is 1.93. The first-order valence-corrected chi connectivity index (χ1v) is 8.12. The Morgan fingerprint density at radius 3 is 2.62 bits per heavy atom. The number of rotatable bonds is 5. The zero-order chi connectivity index (χ0) is 17.5. The molecule has 1 aromatic carbocycles. The number of amides is 1. The molecule has 24 heavy (non-hydrogen) atoms. The van der Waals surface area contributed by atoms with Crippen molar-refractivity contribution in [3.63, 3.8) is 0 Å². The fourth-order valence-corrected chi connectivity index (χ4v) is 2.87. The van der Waals surface area contributed by atoms with E-state index in [4.69, 9.17) is 0 Å². The predicted molar refractivity (Wildman–Crippen MR) is 89.5 cm³/mol. The quantitative estimate of drug-likeness (QED) is 0.839. The molecule has 0 atom stereocenters. The molecule has 1 aliphatic rings. The number of fused-ring (bicyclic) bond motifs is 1. The third-order valence-electron chi connectivity index (χ3n) is 3.91. The van der Waals surface area contributed by atoms with E-state index in [-0.39, 0.29) is 17.1 Å². The molecule has 0 aliphatic heterocycles. The minimum absolute atomic E-state index is 0.0451. The molecule has 6 heteroatoms. The zero-order valence-electron chi connectivity index (χ0n) is 14.1. The maximum atomic E-state index is 12.4. The molecule has 1 aromatic heterocycles. The van der Waals surface area contributed by atoms with Gasteiger partial charge in [0.1, 0.15) is 11.6 Å². The molecule has 0 spiro atoms. The van der Waals surface area contributed by atoms with Crippen molar-refractivity contribution < 1.29 is 18.3 Å². The number of benzene rings is 1. The Kier molecular flexibility index (Phi) is 4.24. The zero-order valence-corrected chi connectivity index (χ0v) is 14.1. The average molecular weight is 336 g/mol. The van der Waals surface area contributed by atoms with Gasteiger partial charge in [0.15, 0.2) is 0 Å². The van der Waals surface area contributed by atoms with E-state index in [1.807, 2.05) is 31.4 Å². The van der Waals surface area contributed by atoms with Gasteiger partial charge in [0, 0.05) is 23.9 Å². The lowest BCUT2D eigenvalue weighted by Gasteiger charge is -2.18. The van der Waals surface area contributed by atoms with E-state index in [0.29, 0.717) is 12.5 Å². The molecule has 0 saturated heterocycles. The molecular weight excluding hydrogens is 314 g/mol. The number of hydrogen-bond acceptors (Lipinski definition) is 2. The Labute approximate surface area is 139 Å². The number of carbonyl (C=O) groups is 1. The summed E-state index contributed by atoms with van der Waals surface area (Å²) in [5.74, 6) is 0.803. The van der Waals surface area contributed by atoms with E-state index in [2.05, 4.69) is 10.1 Å². The number of nitrogens with one attached hydrogen (secondary N) is 1. The van der Waals surface area contributed by atoms with Crippen molar-refractivity contribution in [2.45, 2.75) is 52.7 Å². The molecule has 4 nitrogen and oxygen atoms in total. The highest BCUT2D eigenvalue weighted by Crippen LogP contribution is 2.42. The van der Waals surface area contributed by atoms with Crippen LogP contribution in [0.2, 0.25) is 0 Å². The standard InChI is InChI=1S/C18H22F2N2O2/c1-18(2,3)10-16(23)21-15-8-11-4-7-13(24-17(19)20)9-14(11)22(15)12-5-6-12/h4,7-9,12,17H,5-6,10H2,1-3H3,(H,21,23). The first kappa shape index (κ1) is 16.7. The van der Waals surface area contributed by atoms with Crippen molar-refractivity contribution in [1.29, 1.82) is 0 Å². The van der Waals surface area contributed by atoms with Crippen LogP contribution >= 0.6 is 0 Å². The van der Waals surface area contributed by atoms with E-state index in [1.54, 1.807) is 12.1 Å². The molecule has 130 valence electrons. The van der Waals surface area contributed by atoms with Crippen LogP contribution in [-0.2, 0) is 4.79 Å². The smallest absolute Gasteiger partial charge is 0.387 e. The SMILES string of the molecule is CC(C)(C)CC(=O)Nc1cc2ccc(OC(F)F)cc2n1C1CC1. The molecule has 1 fully saturated rings. The molecule has 0 unspecified atom stereocenters. The van der Waals surface area contributed by atoms with Gasteiger partial charge < -0.3 is 14.6 Å². The summed E-state index contributed by atoms with van der Waals surface area (Å²) in [7, 11) is 0. The van der Waals surface area contributed by atoms with Crippen LogP contribution in [0.15, 0.2) is 24.3 Å². The molecule has 2 aromatic rings. The largest absolute Gasteiger partial charge is 0.435 e. The van der Waals surface area contributed by atoms with E-state index in [9.17, 15) is 13.6 Å². The molecule has 3 rings (SSSR count). The summed E-state index contributed by atoms with van der Waals surface area (Å²) in [6, 6.07) is 7.06. The molecule has 1 aliphatic carbocycles. The summed E-state index contributed by atoms with van der Waals surface area (Å²) >= 11 is 0. The van der Waals surface area contributed by atoms with Crippen LogP contribution in [0.4, 0.5) is 14.6 Å². The van der Waals surface area contributed by atoms with Gasteiger partial charge >= 0.3 is 6.61 Å². The van der Waals surface area contributed by atoms with Crippen molar-refractivity contribution in [2.75, 3.05) is 5.32 Å². The number of hydrogen-bond donors (Lipinski definition) is 1. The molecule has 1 saturated carbocycles. The molecular formula is C18H22F2N2O2. The third-order valence-corrected chi connectivity index (χ3v) is 3.91. The number of ether oxygens (including phenoxy) is 1. The van der Waals surface area contributed by atoms with Crippen molar-refractivity contribution in [1.82, 2.24) is 4.57 Å². The van der Waals surface area contributed by atoms with Gasteiger partial charge in [0.05, 0.1) is 5.52 Å². The van der Waals surface area contributed by atoms with Crippen molar-refractivity contribution in [2.24, 2.45) is 5.41 Å². The summed E-state index contributed by atoms with van der Waals surface area (Å²) in [5.41, 5.74) is 0.709. The lowest BCUT2D eigenvalue weighted by atomic mass is 9.92. The summed E-state index contributed by atoms with van der Waals surface area (Å²) in [6.07, 6.45) is 2.46. The minimum atomic E-state index is -2.85. The average Bonchev–Trinajstić information content (AvgIpc) is 3.18. The van der Waals surface area contributed by atoms with Gasteiger partial charge in [-0.2, -0.15) is 8.78 Å². The number of halogens is 2.